The number of aldehydes is 1. The second-order valence-electron chi connectivity index (χ2n) is 4.73. The van der Waals surface area contributed by atoms with Crippen molar-refractivity contribution in [2.45, 2.75) is 33.6 Å². The van der Waals surface area contributed by atoms with Gasteiger partial charge in [-0.15, -0.1) is 0 Å². The SMILES string of the molecule is CC(C)Cc1ccc(CC(C)C=O)cc1. The van der Waals surface area contributed by atoms with E-state index in [0.717, 1.165) is 19.1 Å². The Morgan fingerprint density at radius 2 is 1.47 bits per heavy atom. The first-order chi connectivity index (χ1) is 7.11. The van der Waals surface area contributed by atoms with Gasteiger partial charge in [-0.2, -0.15) is 0 Å². The Morgan fingerprint density at radius 1 is 1.00 bits per heavy atom. The Balaban J connectivity index is 2.59. The van der Waals surface area contributed by atoms with Gasteiger partial charge in [-0.3, -0.25) is 0 Å². The zero-order chi connectivity index (χ0) is 11.3. The molecule has 1 rings (SSSR count). The summed E-state index contributed by atoms with van der Waals surface area (Å²) in [4.78, 5) is 10.5. The number of rotatable bonds is 5. The fourth-order valence-electron chi connectivity index (χ4n) is 1.70. The van der Waals surface area contributed by atoms with Crippen LogP contribution in [0.3, 0.4) is 0 Å². The Bertz CT molecular complexity index is 298. The molecule has 1 atom stereocenters. The van der Waals surface area contributed by atoms with Crippen LogP contribution in [0.1, 0.15) is 31.9 Å². The zero-order valence-corrected chi connectivity index (χ0v) is 9.86. The van der Waals surface area contributed by atoms with E-state index in [1.165, 1.54) is 11.1 Å². The van der Waals surface area contributed by atoms with Gasteiger partial charge in [0.15, 0.2) is 0 Å². The molecule has 1 aromatic rings. The molecule has 1 nitrogen and oxygen atoms in total. The molecule has 0 saturated heterocycles. The molecular formula is C14H20O. The average molecular weight is 204 g/mol. The molecule has 0 amide bonds. The Hall–Kier alpha value is -1.11. The summed E-state index contributed by atoms with van der Waals surface area (Å²) < 4.78 is 0. The summed E-state index contributed by atoms with van der Waals surface area (Å²) in [5.74, 6) is 0.825. The molecule has 1 unspecified atom stereocenters. The monoisotopic (exact) mass is 204 g/mol. The Morgan fingerprint density at radius 3 is 1.87 bits per heavy atom. The van der Waals surface area contributed by atoms with Gasteiger partial charge in [0.2, 0.25) is 0 Å². The van der Waals surface area contributed by atoms with Gasteiger partial charge < -0.3 is 4.79 Å². The molecule has 0 heterocycles. The standard InChI is InChI=1S/C14H20O/c1-11(2)8-13-4-6-14(7-5-13)9-12(3)10-15/h4-7,10-12H,8-9H2,1-3H3. The first-order valence-electron chi connectivity index (χ1n) is 5.65. The van der Waals surface area contributed by atoms with E-state index in [0.29, 0.717) is 5.92 Å². The van der Waals surface area contributed by atoms with Gasteiger partial charge in [-0.05, 0) is 29.9 Å². The van der Waals surface area contributed by atoms with Crippen LogP contribution < -0.4 is 0 Å². The van der Waals surface area contributed by atoms with Gasteiger partial charge >= 0.3 is 0 Å². The second kappa shape index (κ2) is 5.69. The molecule has 0 bridgehead atoms. The number of benzene rings is 1. The third-order valence-corrected chi connectivity index (χ3v) is 2.46. The molecule has 0 spiro atoms. The Labute approximate surface area is 92.5 Å². The van der Waals surface area contributed by atoms with E-state index in [2.05, 4.69) is 38.1 Å². The maximum atomic E-state index is 10.5. The third kappa shape index (κ3) is 4.28. The number of hydrogen-bond acceptors (Lipinski definition) is 1. The summed E-state index contributed by atoms with van der Waals surface area (Å²) >= 11 is 0. The van der Waals surface area contributed by atoms with Crippen LogP contribution in [0.25, 0.3) is 0 Å². The maximum absolute atomic E-state index is 10.5. The minimum absolute atomic E-state index is 0.126. The molecule has 0 aliphatic rings. The van der Waals surface area contributed by atoms with Crippen molar-refractivity contribution < 1.29 is 4.79 Å². The molecular weight excluding hydrogens is 184 g/mol. The van der Waals surface area contributed by atoms with E-state index in [-0.39, 0.29) is 5.92 Å². The number of carbonyl (C=O) groups excluding carboxylic acids is 1. The summed E-state index contributed by atoms with van der Waals surface area (Å²) in [5.41, 5.74) is 2.63. The van der Waals surface area contributed by atoms with Crippen LogP contribution in [0, 0.1) is 11.8 Å². The van der Waals surface area contributed by atoms with Gasteiger partial charge in [0.25, 0.3) is 0 Å². The smallest absolute Gasteiger partial charge is 0.123 e. The molecule has 1 heteroatoms. The molecule has 0 N–H and O–H groups in total. The van der Waals surface area contributed by atoms with Crippen LogP contribution in [-0.4, -0.2) is 6.29 Å². The van der Waals surface area contributed by atoms with Gasteiger partial charge in [0.1, 0.15) is 6.29 Å². The first-order valence-corrected chi connectivity index (χ1v) is 5.65. The van der Waals surface area contributed by atoms with E-state index in [1.54, 1.807) is 0 Å². The van der Waals surface area contributed by atoms with E-state index in [1.807, 2.05) is 6.92 Å². The molecule has 0 saturated carbocycles. The van der Waals surface area contributed by atoms with Crippen molar-refractivity contribution in [2.75, 3.05) is 0 Å². The topological polar surface area (TPSA) is 17.1 Å². The van der Waals surface area contributed by atoms with E-state index < -0.39 is 0 Å². The fraction of sp³-hybridized carbons (Fsp3) is 0.500. The highest BCUT2D eigenvalue weighted by Crippen LogP contribution is 2.12. The normalized spacial score (nSPS) is 12.8. The lowest BCUT2D eigenvalue weighted by Crippen LogP contribution is -2.01. The van der Waals surface area contributed by atoms with E-state index in [9.17, 15) is 4.79 Å². The predicted molar refractivity (Wildman–Crippen MR) is 63.9 cm³/mol. The molecule has 0 aliphatic carbocycles. The van der Waals surface area contributed by atoms with Crippen molar-refractivity contribution in [3.63, 3.8) is 0 Å². The fourth-order valence-corrected chi connectivity index (χ4v) is 1.70. The lowest BCUT2D eigenvalue weighted by Gasteiger charge is -2.07. The molecule has 1 aromatic carbocycles. The first kappa shape index (κ1) is 12.0. The van der Waals surface area contributed by atoms with Crippen molar-refractivity contribution in [2.24, 2.45) is 11.8 Å². The summed E-state index contributed by atoms with van der Waals surface area (Å²) in [6, 6.07) is 8.62. The molecule has 0 fully saturated rings. The summed E-state index contributed by atoms with van der Waals surface area (Å²) in [7, 11) is 0. The average Bonchev–Trinajstić information content (AvgIpc) is 2.20. The van der Waals surface area contributed by atoms with E-state index in [4.69, 9.17) is 0 Å². The van der Waals surface area contributed by atoms with Crippen LogP contribution in [-0.2, 0) is 17.6 Å². The molecule has 15 heavy (non-hydrogen) atoms. The van der Waals surface area contributed by atoms with Gasteiger partial charge in [0, 0.05) is 5.92 Å². The summed E-state index contributed by atoms with van der Waals surface area (Å²) in [5, 5.41) is 0. The number of carbonyl (C=O) groups is 1. The lowest BCUT2D eigenvalue weighted by atomic mass is 9.98. The highest BCUT2D eigenvalue weighted by atomic mass is 16.1. The van der Waals surface area contributed by atoms with Crippen molar-refractivity contribution in [1.29, 1.82) is 0 Å². The third-order valence-electron chi connectivity index (χ3n) is 2.46. The lowest BCUT2D eigenvalue weighted by molar-refractivity contribution is -0.110. The summed E-state index contributed by atoms with van der Waals surface area (Å²) in [6.07, 6.45) is 3.00. The molecule has 0 aliphatic heterocycles. The van der Waals surface area contributed by atoms with Crippen molar-refractivity contribution >= 4 is 6.29 Å². The van der Waals surface area contributed by atoms with Crippen molar-refractivity contribution in [3.05, 3.63) is 35.4 Å². The Kier molecular flexibility index (Phi) is 4.54. The molecule has 0 radical (unpaired) electrons. The minimum Gasteiger partial charge on any atom is -0.303 e. The van der Waals surface area contributed by atoms with Gasteiger partial charge in [-0.1, -0.05) is 45.0 Å². The summed E-state index contributed by atoms with van der Waals surface area (Å²) in [6.45, 7) is 6.40. The molecule has 0 aromatic heterocycles. The highest BCUT2D eigenvalue weighted by molar-refractivity contribution is 5.53. The van der Waals surface area contributed by atoms with E-state index >= 15 is 0 Å². The largest absolute Gasteiger partial charge is 0.303 e. The van der Waals surface area contributed by atoms with Crippen LogP contribution in [0.15, 0.2) is 24.3 Å². The zero-order valence-electron chi connectivity index (χ0n) is 9.86. The number of hydrogen-bond donors (Lipinski definition) is 0. The van der Waals surface area contributed by atoms with Crippen LogP contribution in [0.2, 0.25) is 0 Å². The maximum Gasteiger partial charge on any atom is 0.123 e. The van der Waals surface area contributed by atoms with Crippen LogP contribution in [0.4, 0.5) is 0 Å². The van der Waals surface area contributed by atoms with Crippen LogP contribution in [0.5, 0.6) is 0 Å². The predicted octanol–water partition coefficient (Wildman–Crippen LogP) is 3.26. The quantitative estimate of drug-likeness (QED) is 0.673. The van der Waals surface area contributed by atoms with Crippen molar-refractivity contribution in [1.82, 2.24) is 0 Å². The minimum atomic E-state index is 0.126. The van der Waals surface area contributed by atoms with Gasteiger partial charge in [0.05, 0.1) is 0 Å². The van der Waals surface area contributed by atoms with Crippen molar-refractivity contribution in [3.8, 4) is 0 Å². The molecule has 82 valence electrons. The second-order valence-corrected chi connectivity index (χ2v) is 4.73. The highest BCUT2D eigenvalue weighted by Gasteiger charge is 2.02. The van der Waals surface area contributed by atoms with Gasteiger partial charge in [-0.25, -0.2) is 0 Å². The van der Waals surface area contributed by atoms with Crippen LogP contribution >= 0.6 is 0 Å².